The summed E-state index contributed by atoms with van der Waals surface area (Å²) < 4.78 is 7.20. The zero-order valence-electron chi connectivity index (χ0n) is 16.0. The van der Waals surface area contributed by atoms with E-state index in [2.05, 4.69) is 37.8 Å². The van der Waals surface area contributed by atoms with E-state index in [0.29, 0.717) is 19.0 Å². The van der Waals surface area contributed by atoms with Gasteiger partial charge in [0.25, 0.3) is 0 Å². The summed E-state index contributed by atoms with van der Waals surface area (Å²) in [6, 6.07) is 14.1. The molecule has 0 spiro atoms. The lowest BCUT2D eigenvalue weighted by Crippen LogP contribution is -2.36. The summed E-state index contributed by atoms with van der Waals surface area (Å²) in [5.41, 5.74) is 3.40. The summed E-state index contributed by atoms with van der Waals surface area (Å²) in [6.45, 7) is 1.98. The molecule has 1 aromatic carbocycles. The Labute approximate surface area is 182 Å². The van der Waals surface area contributed by atoms with Crippen LogP contribution in [0.2, 0.25) is 0 Å². The highest BCUT2D eigenvalue weighted by atomic mass is 127. The molecule has 0 aliphatic rings. The minimum atomic E-state index is 0. The number of halogens is 1. The van der Waals surface area contributed by atoms with Gasteiger partial charge >= 0.3 is 0 Å². The van der Waals surface area contributed by atoms with Gasteiger partial charge in [-0.25, -0.2) is 4.98 Å². The first-order valence-corrected chi connectivity index (χ1v) is 8.76. The molecule has 2 N–H and O–H groups in total. The molecule has 148 valence electrons. The van der Waals surface area contributed by atoms with E-state index in [-0.39, 0.29) is 24.0 Å². The summed E-state index contributed by atoms with van der Waals surface area (Å²) in [5.74, 6) is 1.33. The van der Waals surface area contributed by atoms with E-state index < -0.39 is 0 Å². The third-order valence-corrected chi connectivity index (χ3v) is 4.17. The fourth-order valence-corrected chi connectivity index (χ4v) is 2.77. The largest absolute Gasteiger partial charge is 0.481 e. The second-order valence-corrected chi connectivity index (χ2v) is 5.92. The first-order valence-electron chi connectivity index (χ1n) is 8.76. The van der Waals surface area contributed by atoms with Crippen LogP contribution in [0, 0.1) is 0 Å². The van der Waals surface area contributed by atoms with Gasteiger partial charge in [0.1, 0.15) is 0 Å². The van der Waals surface area contributed by atoms with Crippen molar-refractivity contribution in [2.24, 2.45) is 4.99 Å². The summed E-state index contributed by atoms with van der Waals surface area (Å²) in [5, 5.41) is 10.9. The van der Waals surface area contributed by atoms with Crippen LogP contribution in [-0.2, 0) is 19.6 Å². The molecule has 3 rings (SSSR count). The maximum atomic E-state index is 5.29. The summed E-state index contributed by atoms with van der Waals surface area (Å²) in [6.07, 6.45) is 5.47. The van der Waals surface area contributed by atoms with Crippen LogP contribution in [0.1, 0.15) is 16.7 Å². The van der Waals surface area contributed by atoms with Crippen molar-refractivity contribution >= 4 is 29.9 Å². The molecule has 0 amide bonds. The second kappa shape index (κ2) is 11.3. The fourth-order valence-electron chi connectivity index (χ4n) is 2.77. The normalized spacial score (nSPS) is 10.9. The highest BCUT2D eigenvalue weighted by Gasteiger charge is 2.07. The lowest BCUT2D eigenvalue weighted by Gasteiger charge is -2.15. The Hall–Kier alpha value is -2.62. The zero-order chi connectivity index (χ0) is 18.9. The molecule has 28 heavy (non-hydrogen) atoms. The molecule has 0 unspecified atom stereocenters. The number of ether oxygens (including phenoxy) is 1. The molecule has 7 nitrogen and oxygen atoms in total. The highest BCUT2D eigenvalue weighted by Crippen LogP contribution is 2.13. The molecule has 0 saturated heterocycles. The van der Waals surface area contributed by atoms with Crippen molar-refractivity contribution in [2.45, 2.75) is 19.6 Å². The van der Waals surface area contributed by atoms with Crippen molar-refractivity contribution in [1.29, 1.82) is 0 Å². The maximum absolute atomic E-state index is 5.29. The smallest absolute Gasteiger partial charge is 0.218 e. The highest BCUT2D eigenvalue weighted by molar-refractivity contribution is 14.0. The first kappa shape index (κ1) is 21.7. The van der Waals surface area contributed by atoms with Gasteiger partial charge < -0.3 is 15.4 Å². The van der Waals surface area contributed by atoms with Crippen LogP contribution >= 0.6 is 24.0 Å². The number of pyridine rings is 1. The van der Waals surface area contributed by atoms with E-state index in [9.17, 15) is 0 Å². The number of nitrogens with one attached hydrogen (secondary N) is 2. The number of guanidine groups is 1. The van der Waals surface area contributed by atoms with E-state index in [4.69, 9.17) is 4.74 Å². The predicted molar refractivity (Wildman–Crippen MR) is 121 cm³/mol. The molecule has 0 radical (unpaired) electrons. The molecule has 0 aliphatic heterocycles. The van der Waals surface area contributed by atoms with Crippen LogP contribution in [0.5, 0.6) is 5.88 Å². The molecule has 0 aliphatic carbocycles. The van der Waals surface area contributed by atoms with Crippen molar-refractivity contribution in [1.82, 2.24) is 25.4 Å². The molecule has 2 aromatic heterocycles. The number of nitrogens with zero attached hydrogens (tertiary/aromatic N) is 4. The van der Waals surface area contributed by atoms with E-state index in [1.54, 1.807) is 26.6 Å². The van der Waals surface area contributed by atoms with E-state index in [0.717, 1.165) is 18.1 Å². The second-order valence-electron chi connectivity index (χ2n) is 5.92. The van der Waals surface area contributed by atoms with E-state index >= 15 is 0 Å². The van der Waals surface area contributed by atoms with Crippen molar-refractivity contribution in [3.63, 3.8) is 0 Å². The Morgan fingerprint density at radius 2 is 1.71 bits per heavy atom. The average Bonchev–Trinajstić information content (AvgIpc) is 3.22. The lowest BCUT2D eigenvalue weighted by atomic mass is 10.1. The molecule has 0 atom stereocenters. The van der Waals surface area contributed by atoms with Gasteiger partial charge in [0.05, 0.1) is 13.7 Å². The quantitative estimate of drug-likeness (QED) is 0.302. The number of benzene rings is 1. The third-order valence-electron chi connectivity index (χ3n) is 4.17. The molecule has 0 fully saturated rings. The number of hydrogen-bond donors (Lipinski definition) is 2. The minimum Gasteiger partial charge on any atom is -0.481 e. The van der Waals surface area contributed by atoms with Gasteiger partial charge in [-0.05, 0) is 23.3 Å². The monoisotopic (exact) mass is 492 g/mol. The SMILES string of the molecule is CN=C(NCc1ccccc1Cn1cccn1)NCc1cccnc1OC.I. The summed E-state index contributed by atoms with van der Waals surface area (Å²) >= 11 is 0. The predicted octanol–water partition coefficient (Wildman–Crippen LogP) is 2.82. The van der Waals surface area contributed by atoms with Gasteiger partial charge in [0.15, 0.2) is 5.96 Å². The molecule has 2 heterocycles. The standard InChI is InChI=1S/C20H24N6O.HI/c1-21-20(24-14-17-9-5-10-22-19(17)27-2)23-13-16-7-3-4-8-18(16)15-26-12-6-11-25-26;/h3-12H,13-15H2,1-2H3,(H2,21,23,24);1H. The van der Waals surface area contributed by atoms with Crippen molar-refractivity contribution in [2.75, 3.05) is 14.2 Å². The van der Waals surface area contributed by atoms with Gasteiger partial charge in [-0.1, -0.05) is 30.3 Å². The number of hydrogen-bond acceptors (Lipinski definition) is 4. The van der Waals surface area contributed by atoms with Crippen molar-refractivity contribution in [3.8, 4) is 5.88 Å². The molecule has 8 heteroatoms. The summed E-state index contributed by atoms with van der Waals surface area (Å²) in [7, 11) is 3.38. The molecule has 3 aromatic rings. The van der Waals surface area contributed by atoms with Crippen molar-refractivity contribution < 1.29 is 4.74 Å². The van der Waals surface area contributed by atoms with Crippen LogP contribution < -0.4 is 15.4 Å². The van der Waals surface area contributed by atoms with Gasteiger partial charge in [0, 0.05) is 44.3 Å². The minimum absolute atomic E-state index is 0. The van der Waals surface area contributed by atoms with Gasteiger partial charge in [-0.2, -0.15) is 5.10 Å². The van der Waals surface area contributed by atoms with Crippen LogP contribution in [-0.4, -0.2) is 34.9 Å². The van der Waals surface area contributed by atoms with Crippen LogP contribution in [0.3, 0.4) is 0 Å². The zero-order valence-corrected chi connectivity index (χ0v) is 18.3. The third kappa shape index (κ3) is 5.95. The number of methoxy groups -OCH3 is 1. The Morgan fingerprint density at radius 3 is 2.39 bits per heavy atom. The number of aromatic nitrogens is 3. The first-order chi connectivity index (χ1) is 13.3. The van der Waals surface area contributed by atoms with Gasteiger partial charge in [-0.15, -0.1) is 24.0 Å². The topological polar surface area (TPSA) is 76.4 Å². The average molecular weight is 492 g/mol. The number of aliphatic imine (C=N–C) groups is 1. The Bertz CT molecular complexity index is 882. The summed E-state index contributed by atoms with van der Waals surface area (Å²) in [4.78, 5) is 8.51. The van der Waals surface area contributed by atoms with Gasteiger partial charge in [0.2, 0.25) is 5.88 Å². The molecule has 0 saturated carbocycles. The Kier molecular flexibility index (Phi) is 8.73. The lowest BCUT2D eigenvalue weighted by molar-refractivity contribution is 0.392. The maximum Gasteiger partial charge on any atom is 0.218 e. The van der Waals surface area contributed by atoms with Crippen LogP contribution in [0.15, 0.2) is 66.0 Å². The van der Waals surface area contributed by atoms with Crippen LogP contribution in [0.4, 0.5) is 0 Å². The Morgan fingerprint density at radius 1 is 1.00 bits per heavy atom. The van der Waals surface area contributed by atoms with Gasteiger partial charge in [-0.3, -0.25) is 9.67 Å². The fraction of sp³-hybridized carbons (Fsp3) is 0.250. The molecular weight excluding hydrogens is 467 g/mol. The number of rotatable bonds is 7. The van der Waals surface area contributed by atoms with E-state index in [1.807, 2.05) is 41.2 Å². The van der Waals surface area contributed by atoms with Crippen molar-refractivity contribution in [3.05, 3.63) is 77.7 Å². The Balaban J connectivity index is 0.00000280. The molecular formula is C20H25IN6O. The molecule has 0 bridgehead atoms. The van der Waals surface area contributed by atoms with E-state index in [1.165, 1.54) is 11.1 Å². The van der Waals surface area contributed by atoms with Crippen LogP contribution in [0.25, 0.3) is 0 Å².